The lowest BCUT2D eigenvalue weighted by Gasteiger charge is -2.36. The lowest BCUT2D eigenvalue weighted by molar-refractivity contribution is 0.340. The molecule has 0 saturated carbocycles. The Morgan fingerprint density at radius 1 is 1.06 bits per heavy atom. The number of nitrogens with zero attached hydrogens (tertiary/aromatic N) is 3. The monoisotopic (exact) mass is 448 g/mol. The number of nitrogens with one attached hydrogen (secondary N) is 1. The SMILES string of the molecule is CCOc1ccc(-c2noc(C3=C(C)N(CC)C(=S)NC3c3ccc(CC)cc3)n2)cc1. The van der Waals surface area contributed by atoms with Gasteiger partial charge >= 0.3 is 0 Å². The van der Waals surface area contributed by atoms with E-state index in [1.54, 1.807) is 0 Å². The maximum Gasteiger partial charge on any atom is 0.258 e. The van der Waals surface area contributed by atoms with Crippen molar-refractivity contribution in [1.29, 1.82) is 0 Å². The van der Waals surface area contributed by atoms with Crippen molar-refractivity contribution < 1.29 is 9.26 Å². The number of thiocarbonyl (C=S) groups is 1. The van der Waals surface area contributed by atoms with Gasteiger partial charge in [0.05, 0.1) is 18.2 Å². The molecule has 1 aliphatic rings. The van der Waals surface area contributed by atoms with E-state index in [4.69, 9.17) is 26.5 Å². The number of allylic oxidation sites excluding steroid dienone is 1. The quantitative estimate of drug-likeness (QED) is 0.487. The van der Waals surface area contributed by atoms with Gasteiger partial charge in [-0.05, 0) is 74.8 Å². The maximum absolute atomic E-state index is 5.77. The predicted molar refractivity (Wildman–Crippen MR) is 130 cm³/mol. The number of aromatic nitrogens is 2. The third-order valence-corrected chi connectivity index (χ3v) is 6.05. The smallest absolute Gasteiger partial charge is 0.258 e. The van der Waals surface area contributed by atoms with Gasteiger partial charge in [-0.2, -0.15) is 4.98 Å². The van der Waals surface area contributed by atoms with E-state index in [0.29, 0.717) is 23.4 Å². The van der Waals surface area contributed by atoms with Crippen molar-refractivity contribution >= 4 is 22.9 Å². The van der Waals surface area contributed by atoms with Gasteiger partial charge in [-0.3, -0.25) is 0 Å². The van der Waals surface area contributed by atoms with Gasteiger partial charge in [-0.25, -0.2) is 0 Å². The van der Waals surface area contributed by atoms with Crippen molar-refractivity contribution in [3.63, 3.8) is 0 Å². The molecule has 3 aromatic rings. The van der Waals surface area contributed by atoms with E-state index >= 15 is 0 Å². The van der Waals surface area contributed by atoms with Crippen LogP contribution in [0.1, 0.15) is 50.8 Å². The van der Waals surface area contributed by atoms with Crippen LogP contribution in [0.4, 0.5) is 0 Å². The van der Waals surface area contributed by atoms with Gasteiger partial charge in [0.2, 0.25) is 5.82 Å². The third kappa shape index (κ3) is 4.25. The van der Waals surface area contributed by atoms with E-state index in [-0.39, 0.29) is 6.04 Å². The Bertz CT molecular complexity index is 1120. The largest absolute Gasteiger partial charge is 0.494 e. The molecule has 0 fully saturated rings. The van der Waals surface area contributed by atoms with Gasteiger partial charge in [0.15, 0.2) is 5.11 Å². The lowest BCUT2D eigenvalue weighted by Crippen LogP contribution is -2.45. The van der Waals surface area contributed by atoms with Crippen LogP contribution in [0.15, 0.2) is 58.8 Å². The van der Waals surface area contributed by atoms with Crippen LogP contribution >= 0.6 is 12.2 Å². The Hall–Kier alpha value is -3.19. The molecular formula is C25H28N4O2S. The van der Waals surface area contributed by atoms with Crippen LogP contribution in [0, 0.1) is 0 Å². The van der Waals surface area contributed by atoms with Crippen molar-refractivity contribution in [2.24, 2.45) is 0 Å². The summed E-state index contributed by atoms with van der Waals surface area (Å²) < 4.78 is 11.3. The van der Waals surface area contributed by atoms with Crippen molar-refractivity contribution in [1.82, 2.24) is 20.4 Å². The van der Waals surface area contributed by atoms with Crippen molar-refractivity contribution in [3.8, 4) is 17.1 Å². The average molecular weight is 449 g/mol. The molecule has 0 radical (unpaired) electrons. The van der Waals surface area contributed by atoms with Gasteiger partial charge < -0.3 is 19.5 Å². The third-order valence-electron chi connectivity index (χ3n) is 5.71. The summed E-state index contributed by atoms with van der Waals surface area (Å²) in [6.45, 7) is 9.62. The molecule has 1 N–H and O–H groups in total. The van der Waals surface area contributed by atoms with Gasteiger partial charge in [0.1, 0.15) is 5.75 Å². The second-order valence-corrected chi connectivity index (χ2v) is 7.99. The van der Waals surface area contributed by atoms with E-state index in [0.717, 1.165) is 41.1 Å². The Balaban J connectivity index is 1.73. The summed E-state index contributed by atoms with van der Waals surface area (Å²) in [6.07, 6.45) is 0.997. The molecule has 0 saturated heterocycles. The minimum Gasteiger partial charge on any atom is -0.494 e. The summed E-state index contributed by atoms with van der Waals surface area (Å²) in [5, 5.41) is 8.43. The molecule has 1 unspecified atom stereocenters. The van der Waals surface area contributed by atoms with Gasteiger partial charge in [0.25, 0.3) is 5.89 Å². The van der Waals surface area contributed by atoms with Gasteiger partial charge in [0, 0.05) is 17.8 Å². The van der Waals surface area contributed by atoms with E-state index in [1.807, 2.05) is 31.2 Å². The molecule has 7 heteroatoms. The molecule has 6 nitrogen and oxygen atoms in total. The molecule has 0 amide bonds. The second kappa shape index (κ2) is 9.53. The van der Waals surface area contributed by atoms with E-state index < -0.39 is 0 Å². The summed E-state index contributed by atoms with van der Waals surface area (Å²) in [4.78, 5) is 6.80. The molecule has 4 rings (SSSR count). The molecule has 2 heterocycles. The Kier molecular flexibility index (Phi) is 6.55. The highest BCUT2D eigenvalue weighted by atomic mass is 32.1. The van der Waals surface area contributed by atoms with Crippen LogP contribution in [-0.2, 0) is 6.42 Å². The number of ether oxygens (including phenoxy) is 1. The van der Waals surface area contributed by atoms with Crippen LogP contribution in [0.25, 0.3) is 17.0 Å². The molecule has 0 spiro atoms. The van der Waals surface area contributed by atoms with Crippen molar-refractivity contribution in [2.45, 2.75) is 40.2 Å². The van der Waals surface area contributed by atoms with Crippen LogP contribution in [0.5, 0.6) is 5.75 Å². The van der Waals surface area contributed by atoms with Gasteiger partial charge in [-0.15, -0.1) is 0 Å². The standard InChI is InChI=1S/C25H28N4O2S/c1-5-17-8-10-18(11-9-17)22-21(16(4)29(6-2)25(32)26-22)24-27-23(28-31-24)19-12-14-20(15-13-19)30-7-3/h8-15,22H,5-7H2,1-4H3,(H,26,32). The number of aryl methyl sites for hydroxylation is 1. The highest BCUT2D eigenvalue weighted by molar-refractivity contribution is 7.80. The molecule has 32 heavy (non-hydrogen) atoms. The highest BCUT2D eigenvalue weighted by Gasteiger charge is 2.33. The predicted octanol–water partition coefficient (Wildman–Crippen LogP) is 5.38. The second-order valence-electron chi connectivity index (χ2n) is 7.60. The van der Waals surface area contributed by atoms with Crippen molar-refractivity contribution in [2.75, 3.05) is 13.2 Å². The molecular weight excluding hydrogens is 420 g/mol. The summed E-state index contributed by atoms with van der Waals surface area (Å²) in [6, 6.07) is 16.1. The number of hydrogen-bond acceptors (Lipinski definition) is 5. The van der Waals surface area contributed by atoms with Crippen LogP contribution in [0.3, 0.4) is 0 Å². The highest BCUT2D eigenvalue weighted by Crippen LogP contribution is 2.37. The molecule has 0 bridgehead atoms. The summed E-state index contributed by atoms with van der Waals surface area (Å²) in [7, 11) is 0. The molecule has 166 valence electrons. The van der Waals surface area contributed by atoms with Crippen LogP contribution in [-0.4, -0.2) is 33.3 Å². The fraction of sp³-hybridized carbons (Fsp3) is 0.320. The summed E-state index contributed by atoms with van der Waals surface area (Å²) >= 11 is 5.65. The zero-order chi connectivity index (χ0) is 22.7. The number of benzene rings is 2. The minimum atomic E-state index is -0.162. The normalized spacial score (nSPS) is 16.3. The number of rotatable bonds is 7. The zero-order valence-corrected chi connectivity index (χ0v) is 19.7. The van der Waals surface area contributed by atoms with E-state index in [9.17, 15) is 0 Å². The lowest BCUT2D eigenvalue weighted by atomic mass is 9.94. The Morgan fingerprint density at radius 3 is 2.41 bits per heavy atom. The fourth-order valence-electron chi connectivity index (χ4n) is 3.95. The first kappa shape index (κ1) is 22.0. The fourth-order valence-corrected chi connectivity index (χ4v) is 4.34. The molecule has 0 aliphatic carbocycles. The molecule has 2 aromatic carbocycles. The van der Waals surface area contributed by atoms with E-state index in [1.165, 1.54) is 5.56 Å². The topological polar surface area (TPSA) is 63.4 Å². The first-order valence-corrected chi connectivity index (χ1v) is 11.4. The van der Waals surface area contributed by atoms with Crippen LogP contribution in [0.2, 0.25) is 0 Å². The first-order valence-electron chi connectivity index (χ1n) is 11.0. The molecule has 1 atom stereocenters. The molecule has 1 aromatic heterocycles. The average Bonchev–Trinajstić information content (AvgIpc) is 3.29. The maximum atomic E-state index is 5.77. The Labute approximate surface area is 194 Å². The van der Waals surface area contributed by atoms with Gasteiger partial charge in [-0.1, -0.05) is 36.3 Å². The number of hydrogen-bond donors (Lipinski definition) is 1. The summed E-state index contributed by atoms with van der Waals surface area (Å²) in [5.74, 6) is 1.85. The molecule has 1 aliphatic heterocycles. The zero-order valence-electron chi connectivity index (χ0n) is 18.9. The summed E-state index contributed by atoms with van der Waals surface area (Å²) in [5.41, 5.74) is 5.23. The van der Waals surface area contributed by atoms with Crippen molar-refractivity contribution in [3.05, 3.63) is 71.2 Å². The Morgan fingerprint density at radius 2 is 1.78 bits per heavy atom. The van der Waals surface area contributed by atoms with Crippen LogP contribution < -0.4 is 10.1 Å². The van der Waals surface area contributed by atoms with E-state index in [2.05, 4.69) is 60.4 Å². The first-order chi connectivity index (χ1) is 15.5. The minimum absolute atomic E-state index is 0.162.